The Morgan fingerprint density at radius 1 is 0.640 bits per heavy atom. The molecule has 2 saturated heterocycles. The van der Waals surface area contributed by atoms with Crippen LogP contribution in [-0.4, -0.2) is 50.6 Å². The second-order valence-electron chi connectivity index (χ2n) is 6.96. The van der Waals surface area contributed by atoms with Gasteiger partial charge in [0.05, 0.1) is 13.2 Å². The van der Waals surface area contributed by atoms with E-state index in [2.05, 4.69) is 0 Å². The molecular weight excluding hydrogens is 324 g/mol. The molecule has 2 aliphatic heterocycles. The van der Waals surface area contributed by atoms with Crippen molar-refractivity contribution in [1.82, 2.24) is 0 Å². The molecule has 2 atom stereocenters. The van der Waals surface area contributed by atoms with Gasteiger partial charge in [-0.3, -0.25) is 9.59 Å². The van der Waals surface area contributed by atoms with E-state index >= 15 is 0 Å². The first-order chi connectivity index (χ1) is 12.2. The molecule has 2 heterocycles. The van der Waals surface area contributed by atoms with Gasteiger partial charge >= 0.3 is 11.9 Å². The zero-order valence-corrected chi connectivity index (χ0v) is 15.2. The predicted octanol–water partition coefficient (Wildman–Crippen LogP) is 3.16. The molecule has 6 nitrogen and oxygen atoms in total. The van der Waals surface area contributed by atoms with Crippen molar-refractivity contribution in [3.05, 3.63) is 0 Å². The predicted molar refractivity (Wildman–Crippen MR) is 92.2 cm³/mol. The minimum absolute atomic E-state index is 0.0984. The monoisotopic (exact) mass is 356 g/mol. The van der Waals surface area contributed by atoms with E-state index in [1.54, 1.807) is 0 Å². The minimum atomic E-state index is -0.0984. The van der Waals surface area contributed by atoms with Crippen LogP contribution in [0.1, 0.15) is 70.6 Å². The van der Waals surface area contributed by atoms with Crippen molar-refractivity contribution in [3.8, 4) is 0 Å². The fraction of sp³-hybridized carbons (Fsp3) is 0.895. The molecule has 0 aliphatic carbocycles. The number of ether oxygens (including phenoxy) is 4. The molecule has 0 aromatic carbocycles. The number of rotatable bonds is 16. The highest BCUT2D eigenvalue weighted by Gasteiger charge is 2.24. The van der Waals surface area contributed by atoms with E-state index in [0.29, 0.717) is 26.1 Å². The Labute approximate surface area is 150 Å². The van der Waals surface area contributed by atoms with Gasteiger partial charge in [0.25, 0.3) is 0 Å². The topological polar surface area (TPSA) is 77.7 Å². The average Bonchev–Trinajstić information content (AvgIpc) is 3.50. The zero-order valence-electron chi connectivity index (χ0n) is 15.2. The number of hydrogen-bond donors (Lipinski definition) is 0. The van der Waals surface area contributed by atoms with Crippen molar-refractivity contribution in [2.45, 2.75) is 82.8 Å². The highest BCUT2D eigenvalue weighted by Crippen LogP contribution is 2.13. The summed E-state index contributed by atoms with van der Waals surface area (Å²) in [6, 6.07) is 0. The maximum absolute atomic E-state index is 11.4. The van der Waals surface area contributed by atoms with Crippen molar-refractivity contribution < 1.29 is 28.5 Å². The molecular formula is C19H32O6. The molecule has 2 aliphatic rings. The molecule has 2 unspecified atom stereocenters. The van der Waals surface area contributed by atoms with Gasteiger partial charge in [-0.05, 0) is 12.8 Å². The Hall–Kier alpha value is -1.14. The van der Waals surface area contributed by atoms with Crippen LogP contribution in [0.4, 0.5) is 0 Å². The minimum Gasteiger partial charge on any atom is -0.463 e. The Kier molecular flexibility index (Phi) is 9.89. The Morgan fingerprint density at radius 2 is 0.960 bits per heavy atom. The molecule has 2 rings (SSSR count). The molecule has 0 bridgehead atoms. The van der Waals surface area contributed by atoms with Crippen LogP contribution in [-0.2, 0) is 28.5 Å². The molecule has 25 heavy (non-hydrogen) atoms. The van der Waals surface area contributed by atoms with Gasteiger partial charge in [0.15, 0.2) is 0 Å². The van der Waals surface area contributed by atoms with Crippen LogP contribution in [0.2, 0.25) is 0 Å². The van der Waals surface area contributed by atoms with Crippen LogP contribution >= 0.6 is 0 Å². The first kappa shape index (κ1) is 20.2. The number of hydrogen-bond acceptors (Lipinski definition) is 6. The maximum atomic E-state index is 11.4. The van der Waals surface area contributed by atoms with Crippen molar-refractivity contribution >= 4 is 11.9 Å². The third kappa shape index (κ3) is 11.9. The summed E-state index contributed by atoms with van der Waals surface area (Å²) in [5, 5.41) is 0. The van der Waals surface area contributed by atoms with Crippen LogP contribution < -0.4 is 0 Å². The van der Waals surface area contributed by atoms with E-state index < -0.39 is 0 Å². The smallest absolute Gasteiger partial charge is 0.305 e. The quantitative estimate of drug-likeness (QED) is 0.240. The van der Waals surface area contributed by atoms with Gasteiger partial charge in [-0.25, -0.2) is 0 Å². The van der Waals surface area contributed by atoms with Crippen molar-refractivity contribution in [2.24, 2.45) is 0 Å². The molecule has 0 amide bonds. The summed E-state index contributed by atoms with van der Waals surface area (Å²) < 4.78 is 20.2. The summed E-state index contributed by atoms with van der Waals surface area (Å²) in [5.74, 6) is -0.197. The first-order valence-electron chi connectivity index (χ1n) is 9.78. The van der Waals surface area contributed by atoms with Crippen LogP contribution in [0, 0.1) is 0 Å². The SMILES string of the molecule is O=C(CCCCCCCCCCCC(=O)OCC1CO1)OCC1CO1. The molecule has 6 heteroatoms. The summed E-state index contributed by atoms with van der Waals surface area (Å²) in [5.41, 5.74) is 0. The summed E-state index contributed by atoms with van der Waals surface area (Å²) in [6.45, 7) is 2.30. The first-order valence-corrected chi connectivity index (χ1v) is 9.78. The summed E-state index contributed by atoms with van der Waals surface area (Å²) in [6.07, 6.45) is 11.4. The van der Waals surface area contributed by atoms with Crippen molar-refractivity contribution in [2.75, 3.05) is 26.4 Å². The van der Waals surface area contributed by atoms with E-state index in [1.807, 2.05) is 0 Å². The van der Waals surface area contributed by atoms with Crippen molar-refractivity contribution in [3.63, 3.8) is 0 Å². The van der Waals surface area contributed by atoms with E-state index in [4.69, 9.17) is 18.9 Å². The highest BCUT2D eigenvalue weighted by molar-refractivity contribution is 5.69. The number of unbranched alkanes of at least 4 members (excludes halogenated alkanes) is 8. The molecule has 0 aromatic heterocycles. The van der Waals surface area contributed by atoms with Gasteiger partial charge in [0.2, 0.25) is 0 Å². The molecule has 0 N–H and O–H groups in total. The largest absolute Gasteiger partial charge is 0.463 e. The second-order valence-corrected chi connectivity index (χ2v) is 6.96. The van der Waals surface area contributed by atoms with Crippen LogP contribution in [0.5, 0.6) is 0 Å². The zero-order chi connectivity index (χ0) is 17.7. The van der Waals surface area contributed by atoms with Gasteiger partial charge in [-0.15, -0.1) is 0 Å². The Balaban J connectivity index is 1.24. The van der Waals surface area contributed by atoms with Crippen molar-refractivity contribution in [1.29, 1.82) is 0 Å². The summed E-state index contributed by atoms with van der Waals surface area (Å²) >= 11 is 0. The third-order valence-electron chi connectivity index (χ3n) is 4.43. The Bertz CT molecular complexity index is 353. The van der Waals surface area contributed by atoms with Gasteiger partial charge < -0.3 is 18.9 Å². The standard InChI is InChI=1S/C19H32O6/c20-18(24-14-16-12-22-16)10-8-6-4-2-1-3-5-7-9-11-19(21)25-15-17-13-23-17/h16-17H,1-15H2. The second kappa shape index (κ2) is 12.3. The van der Waals surface area contributed by atoms with Crippen LogP contribution in [0.25, 0.3) is 0 Å². The lowest BCUT2D eigenvalue weighted by Crippen LogP contribution is -2.09. The lowest BCUT2D eigenvalue weighted by Gasteiger charge is -2.04. The molecule has 0 spiro atoms. The number of esters is 2. The average molecular weight is 356 g/mol. The fourth-order valence-corrected chi connectivity index (χ4v) is 2.62. The molecule has 144 valence electrons. The number of epoxide rings is 2. The fourth-order valence-electron chi connectivity index (χ4n) is 2.62. The molecule has 0 radical (unpaired) electrons. The van der Waals surface area contributed by atoms with Gasteiger partial charge in [0.1, 0.15) is 25.4 Å². The Morgan fingerprint density at radius 3 is 1.28 bits per heavy atom. The lowest BCUT2D eigenvalue weighted by atomic mass is 10.1. The maximum Gasteiger partial charge on any atom is 0.305 e. The third-order valence-corrected chi connectivity index (χ3v) is 4.43. The van der Waals surface area contributed by atoms with E-state index in [-0.39, 0.29) is 24.1 Å². The lowest BCUT2D eigenvalue weighted by molar-refractivity contribution is -0.145. The number of carbonyl (C=O) groups is 2. The number of carbonyl (C=O) groups excluding carboxylic acids is 2. The molecule has 0 aromatic rings. The van der Waals surface area contributed by atoms with Crippen LogP contribution in [0.15, 0.2) is 0 Å². The van der Waals surface area contributed by atoms with Gasteiger partial charge in [-0.1, -0.05) is 44.9 Å². The van der Waals surface area contributed by atoms with Crippen LogP contribution in [0.3, 0.4) is 0 Å². The van der Waals surface area contributed by atoms with Gasteiger partial charge in [-0.2, -0.15) is 0 Å². The normalized spacial score (nSPS) is 21.0. The van der Waals surface area contributed by atoms with Gasteiger partial charge in [0, 0.05) is 12.8 Å². The van der Waals surface area contributed by atoms with E-state index in [0.717, 1.165) is 38.9 Å². The highest BCUT2D eigenvalue weighted by atomic mass is 16.6. The van der Waals surface area contributed by atoms with E-state index in [1.165, 1.54) is 32.1 Å². The molecule has 0 saturated carbocycles. The molecule has 2 fully saturated rings. The summed E-state index contributed by atoms with van der Waals surface area (Å²) in [7, 11) is 0. The van der Waals surface area contributed by atoms with E-state index in [9.17, 15) is 9.59 Å². The summed E-state index contributed by atoms with van der Waals surface area (Å²) in [4.78, 5) is 22.8.